The largest absolute Gasteiger partial charge is 0.549 e. The summed E-state index contributed by atoms with van der Waals surface area (Å²) < 4.78 is 12.3. The lowest BCUT2D eigenvalue weighted by molar-refractivity contribution is 0.0499. The molecule has 5 aliphatic rings. The van der Waals surface area contributed by atoms with E-state index in [0.717, 1.165) is 12.8 Å². The van der Waals surface area contributed by atoms with Crippen LogP contribution in [0.4, 0.5) is 4.79 Å². The Balaban J connectivity index is 1.42. The van der Waals surface area contributed by atoms with E-state index in [0.29, 0.717) is 23.4 Å². The number of nitrogens with zero attached hydrogens (tertiary/aromatic N) is 1. The van der Waals surface area contributed by atoms with E-state index in [9.17, 15) is 4.79 Å². The third-order valence-corrected chi connectivity index (χ3v) is 8.62. The van der Waals surface area contributed by atoms with Crippen molar-refractivity contribution in [2.75, 3.05) is 0 Å². The van der Waals surface area contributed by atoms with Crippen LogP contribution < -0.4 is 0 Å². The zero-order valence-corrected chi connectivity index (χ0v) is 15.6. The second-order valence-electron chi connectivity index (χ2n) is 9.68. The quantitative estimate of drug-likeness (QED) is 0.536. The number of amides is 1. The van der Waals surface area contributed by atoms with Crippen molar-refractivity contribution in [2.45, 2.75) is 94.9 Å². The molecule has 4 bridgehead atoms. The van der Waals surface area contributed by atoms with Gasteiger partial charge in [-0.2, -0.15) is 0 Å². The SMILES string of the molecule is C=C(OB1C2CCCC1CCC2)N1C(=O)O[C@@H]2C[C@H]3CC[C@]21C3(C)C. The van der Waals surface area contributed by atoms with E-state index >= 15 is 0 Å². The molecule has 3 saturated heterocycles. The van der Waals surface area contributed by atoms with Gasteiger partial charge in [0, 0.05) is 0 Å². The average Bonchev–Trinajstić information content (AvgIpc) is 3.06. The number of carbonyl (C=O) groups is 1. The first-order valence-electron chi connectivity index (χ1n) is 10.3. The van der Waals surface area contributed by atoms with Gasteiger partial charge in [-0.05, 0) is 48.8 Å². The number of hydrogen-bond donors (Lipinski definition) is 0. The summed E-state index contributed by atoms with van der Waals surface area (Å²) in [6.07, 6.45) is 10.7. The van der Waals surface area contributed by atoms with Crippen LogP contribution in [-0.4, -0.2) is 29.6 Å². The molecule has 0 N–H and O–H groups in total. The second-order valence-corrected chi connectivity index (χ2v) is 9.68. The van der Waals surface area contributed by atoms with Crippen molar-refractivity contribution in [3.05, 3.63) is 12.5 Å². The van der Waals surface area contributed by atoms with Gasteiger partial charge in [0.05, 0.1) is 5.54 Å². The van der Waals surface area contributed by atoms with Crippen molar-refractivity contribution in [3.8, 4) is 0 Å². The van der Waals surface area contributed by atoms with Gasteiger partial charge in [-0.3, -0.25) is 0 Å². The van der Waals surface area contributed by atoms with Gasteiger partial charge < -0.3 is 9.39 Å². The third kappa shape index (κ3) is 1.93. The molecule has 0 aromatic rings. The molecule has 0 aromatic carbocycles. The molecule has 136 valence electrons. The summed E-state index contributed by atoms with van der Waals surface area (Å²) in [5.41, 5.74) is -0.172. The minimum atomic E-state index is -0.240. The van der Waals surface area contributed by atoms with Crippen LogP contribution in [0.2, 0.25) is 11.6 Å². The van der Waals surface area contributed by atoms with Crippen LogP contribution in [0.1, 0.15) is 71.6 Å². The van der Waals surface area contributed by atoms with E-state index in [1.165, 1.54) is 44.9 Å². The molecule has 2 saturated carbocycles. The number of rotatable bonds is 3. The maximum absolute atomic E-state index is 12.8. The fourth-order valence-corrected chi connectivity index (χ4v) is 7.24. The molecule has 5 fully saturated rings. The molecule has 25 heavy (non-hydrogen) atoms. The molecule has 5 heteroatoms. The van der Waals surface area contributed by atoms with Gasteiger partial charge in [0.15, 0.2) is 5.88 Å². The van der Waals surface area contributed by atoms with Gasteiger partial charge in [-0.1, -0.05) is 52.4 Å². The van der Waals surface area contributed by atoms with E-state index in [1.807, 2.05) is 4.90 Å². The van der Waals surface area contributed by atoms with Gasteiger partial charge in [0.25, 0.3) is 0 Å². The van der Waals surface area contributed by atoms with Crippen LogP contribution in [0.15, 0.2) is 12.5 Å². The summed E-state index contributed by atoms with van der Waals surface area (Å²) >= 11 is 0. The first kappa shape index (κ1) is 16.1. The van der Waals surface area contributed by atoms with Crippen molar-refractivity contribution >= 4 is 13.0 Å². The molecule has 4 nitrogen and oxygen atoms in total. The van der Waals surface area contributed by atoms with Crippen LogP contribution >= 0.6 is 0 Å². The molecule has 0 radical (unpaired) electrons. The zero-order valence-electron chi connectivity index (χ0n) is 15.6. The number of ether oxygens (including phenoxy) is 1. The number of carbonyl (C=O) groups excluding carboxylic acids is 1. The first-order chi connectivity index (χ1) is 11.9. The molecule has 1 amide bonds. The van der Waals surface area contributed by atoms with Gasteiger partial charge in [0.1, 0.15) is 6.10 Å². The Morgan fingerprint density at radius 3 is 2.44 bits per heavy atom. The summed E-state index contributed by atoms with van der Waals surface area (Å²) in [5, 5.41) is 0. The minimum Gasteiger partial charge on any atom is -0.549 e. The van der Waals surface area contributed by atoms with E-state index in [1.54, 1.807) is 0 Å². The second kappa shape index (κ2) is 5.20. The van der Waals surface area contributed by atoms with Crippen molar-refractivity contribution < 1.29 is 14.2 Å². The maximum atomic E-state index is 12.8. The molecule has 2 aliphatic carbocycles. The Kier molecular flexibility index (Phi) is 3.35. The highest BCUT2D eigenvalue weighted by Crippen LogP contribution is 2.66. The minimum absolute atomic E-state index is 0.0138. The summed E-state index contributed by atoms with van der Waals surface area (Å²) in [5.74, 6) is 2.48. The lowest BCUT2D eigenvalue weighted by atomic mass is 9.38. The van der Waals surface area contributed by atoms with Gasteiger partial charge >= 0.3 is 13.0 Å². The Hall–Kier alpha value is -1.13. The summed E-state index contributed by atoms with van der Waals surface area (Å²) in [4.78, 5) is 14.6. The third-order valence-electron chi connectivity index (χ3n) is 8.62. The standard InChI is InChI=1S/C20H30BNO3/c1-13(25-21-15-6-4-7-16(21)9-5-8-15)22-18(23)24-17-12-14-10-11-20(17,22)19(14,2)3/h14-17H,1,4-12H2,2-3H3/t14-,15?,16?,17-,20-/m1/s1. The molecule has 3 atom stereocenters. The van der Waals surface area contributed by atoms with E-state index < -0.39 is 0 Å². The van der Waals surface area contributed by atoms with Crippen LogP contribution in [0.3, 0.4) is 0 Å². The highest BCUT2D eigenvalue weighted by atomic mass is 16.6. The molecular formula is C20H30BNO3. The van der Waals surface area contributed by atoms with Gasteiger partial charge in [-0.15, -0.1) is 0 Å². The average molecular weight is 343 g/mol. The summed E-state index contributed by atoms with van der Waals surface area (Å²) in [7, 11) is 0. The van der Waals surface area contributed by atoms with Gasteiger partial charge in [-0.25, -0.2) is 9.69 Å². The van der Waals surface area contributed by atoms with Crippen molar-refractivity contribution in [2.24, 2.45) is 11.3 Å². The topological polar surface area (TPSA) is 38.8 Å². The van der Waals surface area contributed by atoms with Crippen molar-refractivity contribution in [1.82, 2.24) is 4.90 Å². The van der Waals surface area contributed by atoms with E-state index in [-0.39, 0.29) is 30.1 Å². The van der Waals surface area contributed by atoms with Crippen LogP contribution in [-0.2, 0) is 9.39 Å². The Morgan fingerprint density at radius 1 is 1.20 bits per heavy atom. The van der Waals surface area contributed by atoms with Crippen molar-refractivity contribution in [1.29, 1.82) is 0 Å². The number of hydrogen-bond acceptors (Lipinski definition) is 3. The first-order valence-corrected chi connectivity index (χ1v) is 10.3. The monoisotopic (exact) mass is 343 g/mol. The van der Waals surface area contributed by atoms with Crippen molar-refractivity contribution in [3.63, 3.8) is 0 Å². The highest BCUT2D eigenvalue weighted by molar-refractivity contribution is 6.56. The fourth-order valence-electron chi connectivity index (χ4n) is 7.24. The van der Waals surface area contributed by atoms with E-state index in [4.69, 9.17) is 9.39 Å². The maximum Gasteiger partial charge on any atom is 0.417 e. The van der Waals surface area contributed by atoms with Crippen LogP contribution in [0, 0.1) is 11.3 Å². The molecule has 5 rings (SSSR count). The Morgan fingerprint density at radius 2 is 1.84 bits per heavy atom. The van der Waals surface area contributed by atoms with E-state index in [2.05, 4.69) is 20.4 Å². The summed E-state index contributed by atoms with van der Waals surface area (Å²) in [6.45, 7) is 9.11. The normalized spacial score (nSPS) is 43.8. The smallest absolute Gasteiger partial charge is 0.417 e. The zero-order chi connectivity index (χ0) is 17.4. The Bertz CT molecular complexity index is 598. The predicted octanol–water partition coefficient (Wildman–Crippen LogP) is 4.97. The molecular weight excluding hydrogens is 313 g/mol. The molecule has 0 unspecified atom stereocenters. The highest BCUT2D eigenvalue weighted by Gasteiger charge is 2.73. The summed E-state index contributed by atoms with van der Waals surface area (Å²) in [6, 6.07) is 0. The predicted molar refractivity (Wildman–Crippen MR) is 97.1 cm³/mol. The van der Waals surface area contributed by atoms with Crippen LogP contribution in [0.5, 0.6) is 0 Å². The lowest BCUT2D eigenvalue weighted by Crippen LogP contribution is -2.55. The number of fused-ring (bicyclic) bond motifs is 3. The van der Waals surface area contributed by atoms with Crippen LogP contribution in [0.25, 0.3) is 0 Å². The fraction of sp³-hybridized carbons (Fsp3) is 0.850. The molecule has 1 spiro atoms. The molecule has 3 heterocycles. The van der Waals surface area contributed by atoms with Gasteiger partial charge in [0.2, 0.25) is 0 Å². The Labute approximate surface area is 151 Å². The molecule has 3 aliphatic heterocycles. The lowest BCUT2D eigenvalue weighted by Gasteiger charge is -2.45. The molecule has 0 aromatic heterocycles.